The summed E-state index contributed by atoms with van der Waals surface area (Å²) in [5.74, 6) is 0.321. The molecule has 1 heterocycles. The Kier molecular flexibility index (Phi) is 7.14. The minimum absolute atomic E-state index is 0.000503. The molecule has 1 atom stereocenters. The molecule has 3 rings (SSSR count). The number of unbranched alkanes of at least 4 members (excludes halogenated alkanes) is 1. The number of hydrogen-bond acceptors (Lipinski definition) is 5. The second-order valence-corrected chi connectivity index (χ2v) is 10.6. The lowest BCUT2D eigenvalue weighted by atomic mass is 10.0. The Morgan fingerprint density at radius 3 is 2.63 bits per heavy atom. The first-order valence-corrected chi connectivity index (χ1v) is 12.5. The van der Waals surface area contributed by atoms with E-state index in [-0.39, 0.29) is 9.92 Å². The van der Waals surface area contributed by atoms with E-state index >= 15 is 0 Å². The number of aliphatic imine (C=N–C) groups is 1. The summed E-state index contributed by atoms with van der Waals surface area (Å²) in [6, 6.07) is 14.2. The molecule has 162 valence electrons. The van der Waals surface area contributed by atoms with Gasteiger partial charge in [0.15, 0.2) is 10.9 Å². The van der Waals surface area contributed by atoms with Crippen LogP contribution in [0.5, 0.6) is 0 Å². The summed E-state index contributed by atoms with van der Waals surface area (Å²) < 4.78 is 27.4. The Bertz CT molecular complexity index is 1030. The molecule has 1 aliphatic heterocycles. The predicted octanol–water partition coefficient (Wildman–Crippen LogP) is 4.27. The normalized spacial score (nSPS) is 21.0. The van der Waals surface area contributed by atoms with Crippen molar-refractivity contribution in [1.29, 1.82) is 0 Å². The molecule has 1 aliphatic rings. The van der Waals surface area contributed by atoms with E-state index in [1.165, 1.54) is 28.2 Å². The Morgan fingerprint density at radius 1 is 1.27 bits per heavy atom. The van der Waals surface area contributed by atoms with Gasteiger partial charge in [0.05, 0.1) is 16.5 Å². The zero-order valence-corrected chi connectivity index (χ0v) is 19.6. The topological polar surface area (TPSA) is 73.2 Å². The number of para-hydroxylation sites is 1. The molecular weight excluding hydrogens is 442 g/mol. The third-order valence-corrected chi connectivity index (χ3v) is 8.64. The van der Waals surface area contributed by atoms with E-state index in [4.69, 9.17) is 11.6 Å². The molecule has 6 nitrogen and oxygen atoms in total. The lowest BCUT2D eigenvalue weighted by Crippen LogP contribution is -2.42. The van der Waals surface area contributed by atoms with Gasteiger partial charge in [0, 0.05) is 26.2 Å². The van der Waals surface area contributed by atoms with E-state index < -0.39 is 15.7 Å². The van der Waals surface area contributed by atoms with Crippen molar-refractivity contribution >= 4 is 44.2 Å². The fourth-order valence-electron chi connectivity index (χ4n) is 3.13. The summed E-state index contributed by atoms with van der Waals surface area (Å²) in [7, 11) is -0.471. The third kappa shape index (κ3) is 4.53. The van der Waals surface area contributed by atoms with Crippen LogP contribution in [0, 0.1) is 0 Å². The number of benzene rings is 2. The molecule has 2 aromatic carbocycles. The second kappa shape index (κ2) is 9.28. The first-order valence-electron chi connectivity index (χ1n) is 9.69. The number of aliphatic hydroxyl groups is 1. The van der Waals surface area contributed by atoms with Gasteiger partial charge in [0.1, 0.15) is 4.90 Å². The number of sulfonamides is 1. The highest BCUT2D eigenvalue weighted by Crippen LogP contribution is 2.40. The van der Waals surface area contributed by atoms with Crippen molar-refractivity contribution in [3.8, 4) is 0 Å². The average molecular weight is 468 g/mol. The van der Waals surface area contributed by atoms with Crippen LogP contribution in [0.4, 0.5) is 5.69 Å². The number of rotatable bonds is 7. The summed E-state index contributed by atoms with van der Waals surface area (Å²) in [6.45, 7) is 2.42. The molecule has 0 bridgehead atoms. The highest BCUT2D eigenvalue weighted by atomic mass is 35.5. The minimum atomic E-state index is -3.77. The molecule has 0 aliphatic carbocycles. The zero-order chi connectivity index (χ0) is 21.9. The van der Waals surface area contributed by atoms with Gasteiger partial charge in [-0.2, -0.15) is 0 Å². The molecule has 30 heavy (non-hydrogen) atoms. The lowest BCUT2D eigenvalue weighted by Gasteiger charge is -2.32. The van der Waals surface area contributed by atoms with E-state index in [9.17, 15) is 13.5 Å². The van der Waals surface area contributed by atoms with E-state index in [0.717, 1.165) is 18.5 Å². The summed E-state index contributed by atoms with van der Waals surface area (Å²) in [5.41, 5.74) is -0.148. The fraction of sp³-hybridized carbons (Fsp3) is 0.381. The predicted molar refractivity (Wildman–Crippen MR) is 124 cm³/mol. The lowest BCUT2D eigenvalue weighted by molar-refractivity contribution is -0.0349. The largest absolute Gasteiger partial charge is 0.366 e. The highest BCUT2D eigenvalue weighted by Gasteiger charge is 2.43. The van der Waals surface area contributed by atoms with Crippen LogP contribution in [-0.2, 0) is 15.7 Å². The molecule has 9 heteroatoms. The fourth-order valence-corrected chi connectivity index (χ4v) is 6.04. The summed E-state index contributed by atoms with van der Waals surface area (Å²) in [6.07, 6.45) is 1.65. The summed E-state index contributed by atoms with van der Waals surface area (Å²) >= 11 is 7.67. The maximum absolute atomic E-state index is 13.0. The van der Waals surface area contributed by atoms with E-state index in [1.54, 1.807) is 25.1 Å². The van der Waals surface area contributed by atoms with Crippen LogP contribution in [0.25, 0.3) is 0 Å². The Hall–Kier alpha value is -1.58. The monoisotopic (exact) mass is 467 g/mol. The zero-order valence-electron chi connectivity index (χ0n) is 17.2. The van der Waals surface area contributed by atoms with Crippen LogP contribution in [0.1, 0.15) is 25.3 Å². The van der Waals surface area contributed by atoms with E-state index in [0.29, 0.717) is 23.0 Å². The molecule has 1 N–H and O–H groups in total. The van der Waals surface area contributed by atoms with Gasteiger partial charge in [-0.25, -0.2) is 17.7 Å². The SMILES string of the molecule is CCCCN(C)S(=O)(=O)c1cc(C2(O)CSC(=Nc3ccccc3)N2C)ccc1Cl. The number of hydrogen-bond donors (Lipinski definition) is 1. The van der Waals surface area contributed by atoms with Crippen molar-refractivity contribution in [2.45, 2.75) is 30.4 Å². The van der Waals surface area contributed by atoms with Gasteiger partial charge in [-0.05, 0) is 30.7 Å². The number of halogens is 1. The van der Waals surface area contributed by atoms with Crippen molar-refractivity contribution in [2.75, 3.05) is 26.4 Å². The van der Waals surface area contributed by atoms with Crippen LogP contribution in [-0.4, -0.2) is 54.3 Å². The number of thioether (sulfide) groups is 1. The molecular formula is C21H26ClN3O3S2. The average Bonchev–Trinajstić information content (AvgIpc) is 3.02. The van der Waals surface area contributed by atoms with Gasteiger partial charge < -0.3 is 10.0 Å². The molecule has 0 radical (unpaired) electrons. The van der Waals surface area contributed by atoms with Crippen LogP contribution < -0.4 is 0 Å². The third-order valence-electron chi connectivity index (χ3n) is 5.13. The standard InChI is InChI=1S/C21H26ClN3O3S2/c1-4-5-13-24(2)30(27,28)19-14-16(11-12-18(19)22)21(26)15-29-20(25(21)3)23-17-9-7-6-8-10-17/h6-12,14,26H,4-5,13,15H2,1-3H3. The molecule has 1 unspecified atom stereocenters. The van der Waals surface area contributed by atoms with E-state index in [2.05, 4.69) is 4.99 Å². The Labute approximate surface area is 187 Å². The van der Waals surface area contributed by atoms with Crippen LogP contribution in [0.3, 0.4) is 0 Å². The van der Waals surface area contributed by atoms with Crippen molar-refractivity contribution in [2.24, 2.45) is 4.99 Å². The quantitative estimate of drug-likeness (QED) is 0.658. The Balaban J connectivity index is 1.95. The molecule has 0 spiro atoms. The molecule has 1 saturated heterocycles. The number of amidine groups is 1. The van der Waals surface area contributed by atoms with Gasteiger partial charge in [-0.3, -0.25) is 0 Å². The number of nitrogens with zero attached hydrogens (tertiary/aromatic N) is 3. The van der Waals surface area contributed by atoms with Gasteiger partial charge >= 0.3 is 0 Å². The van der Waals surface area contributed by atoms with Crippen LogP contribution >= 0.6 is 23.4 Å². The minimum Gasteiger partial charge on any atom is -0.366 e. The summed E-state index contributed by atoms with van der Waals surface area (Å²) in [5, 5.41) is 12.2. The van der Waals surface area contributed by atoms with Gasteiger partial charge in [-0.1, -0.05) is 61.0 Å². The first-order chi connectivity index (χ1) is 14.2. The van der Waals surface area contributed by atoms with Crippen molar-refractivity contribution in [3.05, 3.63) is 59.1 Å². The van der Waals surface area contributed by atoms with Crippen LogP contribution in [0.15, 0.2) is 58.4 Å². The van der Waals surface area contributed by atoms with Crippen molar-refractivity contribution < 1.29 is 13.5 Å². The van der Waals surface area contributed by atoms with Gasteiger partial charge in [-0.15, -0.1) is 0 Å². The molecule has 0 aromatic heterocycles. The maximum Gasteiger partial charge on any atom is 0.244 e. The smallest absolute Gasteiger partial charge is 0.244 e. The van der Waals surface area contributed by atoms with Crippen molar-refractivity contribution in [1.82, 2.24) is 9.21 Å². The molecule has 1 fully saturated rings. The van der Waals surface area contributed by atoms with Crippen LogP contribution in [0.2, 0.25) is 5.02 Å². The van der Waals surface area contributed by atoms with Crippen molar-refractivity contribution in [3.63, 3.8) is 0 Å². The molecule has 2 aromatic rings. The molecule has 0 amide bonds. The molecule has 0 saturated carbocycles. The summed E-state index contributed by atoms with van der Waals surface area (Å²) in [4.78, 5) is 6.28. The van der Waals surface area contributed by atoms with E-state index in [1.807, 2.05) is 37.3 Å². The second-order valence-electron chi connectivity index (χ2n) is 7.22. The van der Waals surface area contributed by atoms with Gasteiger partial charge in [0.2, 0.25) is 10.0 Å². The maximum atomic E-state index is 13.0. The first kappa shape index (κ1) is 23.1. The Morgan fingerprint density at radius 2 is 1.97 bits per heavy atom. The van der Waals surface area contributed by atoms with Gasteiger partial charge in [0.25, 0.3) is 0 Å². The highest BCUT2D eigenvalue weighted by molar-refractivity contribution is 8.14.